The maximum atomic E-state index is 5.67. The highest BCUT2D eigenvalue weighted by Crippen LogP contribution is 2.32. The van der Waals surface area contributed by atoms with E-state index in [0.717, 1.165) is 25.0 Å². The third-order valence-electron chi connectivity index (χ3n) is 4.56. The van der Waals surface area contributed by atoms with Crippen LogP contribution in [0.2, 0.25) is 0 Å². The number of nitrogens with zero attached hydrogens (tertiary/aromatic N) is 1. The summed E-state index contributed by atoms with van der Waals surface area (Å²) in [5, 5.41) is 0. The van der Waals surface area contributed by atoms with Crippen molar-refractivity contribution in [3.63, 3.8) is 0 Å². The van der Waals surface area contributed by atoms with Gasteiger partial charge in [0.1, 0.15) is 0 Å². The van der Waals surface area contributed by atoms with Crippen LogP contribution in [-0.4, -0.2) is 43.3 Å². The molecule has 0 heterocycles. The molecule has 0 amide bonds. The minimum atomic E-state index is 0.495. The van der Waals surface area contributed by atoms with E-state index in [4.69, 9.17) is 10.5 Å². The molecule has 100 valence electrons. The monoisotopic (exact) mass is 240 g/mol. The van der Waals surface area contributed by atoms with Crippen molar-refractivity contribution in [1.82, 2.24) is 4.90 Å². The van der Waals surface area contributed by atoms with Crippen molar-refractivity contribution in [2.75, 3.05) is 20.2 Å². The van der Waals surface area contributed by atoms with Gasteiger partial charge in [-0.1, -0.05) is 6.42 Å². The van der Waals surface area contributed by atoms with Crippen LogP contribution in [0.4, 0.5) is 0 Å². The van der Waals surface area contributed by atoms with Crippen LogP contribution in [0.15, 0.2) is 0 Å². The molecule has 2 saturated carbocycles. The molecule has 2 N–H and O–H groups in total. The van der Waals surface area contributed by atoms with Crippen molar-refractivity contribution in [3.05, 3.63) is 0 Å². The van der Waals surface area contributed by atoms with E-state index >= 15 is 0 Å². The van der Waals surface area contributed by atoms with Gasteiger partial charge in [-0.3, -0.25) is 4.90 Å². The van der Waals surface area contributed by atoms with Crippen molar-refractivity contribution < 1.29 is 4.74 Å². The maximum absolute atomic E-state index is 5.67. The van der Waals surface area contributed by atoms with Gasteiger partial charge in [-0.15, -0.1) is 0 Å². The van der Waals surface area contributed by atoms with Crippen molar-refractivity contribution >= 4 is 0 Å². The highest BCUT2D eigenvalue weighted by molar-refractivity contribution is 4.88. The number of hydrogen-bond donors (Lipinski definition) is 1. The maximum Gasteiger partial charge on any atom is 0.0586 e. The molecule has 0 aromatic rings. The molecule has 2 aliphatic rings. The van der Waals surface area contributed by atoms with Crippen molar-refractivity contribution in [2.45, 2.75) is 69.6 Å². The lowest BCUT2D eigenvalue weighted by Gasteiger charge is -2.45. The predicted octanol–water partition coefficient (Wildman–Crippen LogP) is 2.15. The fourth-order valence-corrected chi connectivity index (χ4v) is 3.29. The summed E-state index contributed by atoms with van der Waals surface area (Å²) >= 11 is 0. The van der Waals surface area contributed by atoms with E-state index in [2.05, 4.69) is 4.90 Å². The zero-order chi connectivity index (χ0) is 12.1. The molecule has 3 heteroatoms. The molecule has 0 aliphatic heterocycles. The Kier molecular flexibility index (Phi) is 5.26. The smallest absolute Gasteiger partial charge is 0.0586 e. The average Bonchev–Trinajstić information content (AvgIpc) is 2.32. The molecule has 0 bridgehead atoms. The standard InChI is InChI=1S/C14H28N2O/c1-17-14-8-3-7-13(11-14)16(10-4-9-15)12-5-2-6-12/h12-14H,2-11,15H2,1H3. The molecule has 2 rings (SSSR count). The molecular weight excluding hydrogens is 212 g/mol. The number of methoxy groups -OCH3 is 1. The summed E-state index contributed by atoms with van der Waals surface area (Å²) in [5.74, 6) is 0. The minimum Gasteiger partial charge on any atom is -0.381 e. The van der Waals surface area contributed by atoms with Gasteiger partial charge >= 0.3 is 0 Å². The molecule has 2 atom stereocenters. The third kappa shape index (κ3) is 3.43. The van der Waals surface area contributed by atoms with E-state index in [0.29, 0.717) is 6.10 Å². The van der Waals surface area contributed by atoms with Crippen LogP contribution >= 0.6 is 0 Å². The van der Waals surface area contributed by atoms with Crippen LogP contribution in [0.5, 0.6) is 0 Å². The van der Waals surface area contributed by atoms with Gasteiger partial charge < -0.3 is 10.5 Å². The van der Waals surface area contributed by atoms with Gasteiger partial charge in [0.15, 0.2) is 0 Å². The Morgan fingerprint density at radius 2 is 1.82 bits per heavy atom. The van der Waals surface area contributed by atoms with Gasteiger partial charge in [0.2, 0.25) is 0 Å². The molecule has 2 aliphatic carbocycles. The summed E-state index contributed by atoms with van der Waals surface area (Å²) in [6.07, 6.45) is 11.0. The predicted molar refractivity (Wildman–Crippen MR) is 71.1 cm³/mol. The van der Waals surface area contributed by atoms with Crippen LogP contribution in [0.25, 0.3) is 0 Å². The van der Waals surface area contributed by atoms with Crippen LogP contribution < -0.4 is 5.73 Å². The molecule has 2 unspecified atom stereocenters. The molecule has 0 saturated heterocycles. The normalized spacial score (nSPS) is 30.5. The first-order valence-electron chi connectivity index (χ1n) is 7.33. The van der Waals surface area contributed by atoms with Crippen molar-refractivity contribution in [2.24, 2.45) is 5.73 Å². The molecular formula is C14H28N2O. The summed E-state index contributed by atoms with van der Waals surface area (Å²) in [5.41, 5.74) is 5.67. The first-order chi connectivity index (χ1) is 8.35. The van der Waals surface area contributed by atoms with Gasteiger partial charge in [-0.2, -0.15) is 0 Å². The van der Waals surface area contributed by atoms with Gasteiger partial charge in [0.25, 0.3) is 0 Å². The van der Waals surface area contributed by atoms with E-state index in [1.807, 2.05) is 7.11 Å². The Labute approximate surface area is 106 Å². The minimum absolute atomic E-state index is 0.495. The van der Waals surface area contributed by atoms with E-state index in [1.165, 1.54) is 51.5 Å². The summed E-state index contributed by atoms with van der Waals surface area (Å²) in [6, 6.07) is 1.60. The van der Waals surface area contributed by atoms with Gasteiger partial charge in [0, 0.05) is 19.2 Å². The molecule has 17 heavy (non-hydrogen) atoms. The van der Waals surface area contributed by atoms with Gasteiger partial charge in [-0.25, -0.2) is 0 Å². The molecule has 0 spiro atoms. The first-order valence-corrected chi connectivity index (χ1v) is 7.33. The summed E-state index contributed by atoms with van der Waals surface area (Å²) in [7, 11) is 1.86. The number of hydrogen-bond acceptors (Lipinski definition) is 3. The largest absolute Gasteiger partial charge is 0.381 e. The first kappa shape index (κ1) is 13.3. The molecule has 0 aromatic heterocycles. The quantitative estimate of drug-likeness (QED) is 0.773. The zero-order valence-electron chi connectivity index (χ0n) is 11.2. The van der Waals surface area contributed by atoms with Gasteiger partial charge in [-0.05, 0) is 58.0 Å². The number of ether oxygens (including phenoxy) is 1. The van der Waals surface area contributed by atoms with E-state index in [1.54, 1.807) is 0 Å². The second-order valence-electron chi connectivity index (χ2n) is 5.64. The van der Waals surface area contributed by atoms with E-state index in [-0.39, 0.29) is 0 Å². The Morgan fingerprint density at radius 1 is 1.12 bits per heavy atom. The second-order valence-corrected chi connectivity index (χ2v) is 5.64. The molecule has 2 fully saturated rings. The Balaban J connectivity index is 1.88. The van der Waals surface area contributed by atoms with Gasteiger partial charge in [0.05, 0.1) is 6.10 Å². The molecule has 0 radical (unpaired) electrons. The fourth-order valence-electron chi connectivity index (χ4n) is 3.29. The zero-order valence-corrected chi connectivity index (χ0v) is 11.2. The summed E-state index contributed by atoms with van der Waals surface area (Å²) < 4.78 is 5.56. The second kappa shape index (κ2) is 6.72. The fraction of sp³-hybridized carbons (Fsp3) is 1.00. The highest BCUT2D eigenvalue weighted by Gasteiger charge is 2.33. The lowest BCUT2D eigenvalue weighted by molar-refractivity contribution is -0.000854. The molecule has 0 aromatic carbocycles. The lowest BCUT2D eigenvalue weighted by Crippen LogP contribution is -2.49. The number of nitrogens with two attached hydrogens (primary N) is 1. The topological polar surface area (TPSA) is 38.5 Å². The summed E-state index contributed by atoms with van der Waals surface area (Å²) in [6.45, 7) is 2.02. The lowest BCUT2D eigenvalue weighted by atomic mass is 9.85. The molecule has 3 nitrogen and oxygen atoms in total. The Bertz CT molecular complexity index is 218. The van der Waals surface area contributed by atoms with Crippen LogP contribution in [0.3, 0.4) is 0 Å². The van der Waals surface area contributed by atoms with Crippen molar-refractivity contribution in [1.29, 1.82) is 0 Å². The highest BCUT2D eigenvalue weighted by atomic mass is 16.5. The third-order valence-corrected chi connectivity index (χ3v) is 4.56. The van der Waals surface area contributed by atoms with Crippen LogP contribution in [-0.2, 0) is 4.74 Å². The average molecular weight is 240 g/mol. The number of rotatable bonds is 6. The van der Waals surface area contributed by atoms with Crippen molar-refractivity contribution in [3.8, 4) is 0 Å². The van der Waals surface area contributed by atoms with E-state index in [9.17, 15) is 0 Å². The van der Waals surface area contributed by atoms with E-state index < -0.39 is 0 Å². The summed E-state index contributed by atoms with van der Waals surface area (Å²) in [4.78, 5) is 2.75. The SMILES string of the molecule is COC1CCCC(N(CCCN)C2CCC2)C1. The Hall–Kier alpha value is -0.120. The van der Waals surface area contributed by atoms with Crippen LogP contribution in [0.1, 0.15) is 51.4 Å². The van der Waals surface area contributed by atoms with Crippen LogP contribution in [0, 0.1) is 0 Å². The Morgan fingerprint density at radius 3 is 2.41 bits per heavy atom.